The minimum absolute atomic E-state index is 0.489. The van der Waals surface area contributed by atoms with E-state index in [2.05, 4.69) is 46.9 Å². The van der Waals surface area contributed by atoms with Gasteiger partial charge in [-0.3, -0.25) is 0 Å². The van der Waals surface area contributed by atoms with Gasteiger partial charge in [0, 0.05) is 6.54 Å². The van der Waals surface area contributed by atoms with Gasteiger partial charge in [-0.15, -0.1) is 0 Å². The fourth-order valence-electron chi connectivity index (χ4n) is 2.64. The van der Waals surface area contributed by atoms with Crippen molar-refractivity contribution in [2.75, 3.05) is 13.1 Å². The fourth-order valence-corrected chi connectivity index (χ4v) is 2.64. The van der Waals surface area contributed by atoms with Crippen molar-refractivity contribution in [3.63, 3.8) is 0 Å². The molecule has 0 spiro atoms. The van der Waals surface area contributed by atoms with Crippen LogP contribution in [0.1, 0.15) is 80.1 Å². The SMILES string of the molecule is CCCCC(CC)CC(C)(CC)CNCC(C)C. The van der Waals surface area contributed by atoms with Crippen LogP contribution < -0.4 is 5.32 Å². The summed E-state index contributed by atoms with van der Waals surface area (Å²) in [5, 5.41) is 3.66. The van der Waals surface area contributed by atoms with Gasteiger partial charge in [0.25, 0.3) is 0 Å². The maximum atomic E-state index is 3.66. The molecule has 0 aliphatic heterocycles. The number of unbranched alkanes of at least 4 members (excludes halogenated alkanes) is 1. The van der Waals surface area contributed by atoms with Crippen LogP contribution in [0.5, 0.6) is 0 Å². The molecule has 0 bridgehead atoms. The Morgan fingerprint density at radius 2 is 1.78 bits per heavy atom. The van der Waals surface area contributed by atoms with Gasteiger partial charge in [-0.2, -0.15) is 0 Å². The minimum atomic E-state index is 0.489. The normalized spacial score (nSPS) is 16.8. The van der Waals surface area contributed by atoms with E-state index < -0.39 is 0 Å². The van der Waals surface area contributed by atoms with Gasteiger partial charge in [0.05, 0.1) is 0 Å². The third kappa shape index (κ3) is 8.13. The Morgan fingerprint density at radius 3 is 2.22 bits per heavy atom. The van der Waals surface area contributed by atoms with E-state index >= 15 is 0 Å². The molecular weight excluding hydrogens is 218 g/mol. The van der Waals surface area contributed by atoms with Crippen LogP contribution in [0, 0.1) is 17.3 Å². The molecule has 0 heterocycles. The monoisotopic (exact) mass is 255 g/mol. The van der Waals surface area contributed by atoms with Crippen molar-refractivity contribution in [2.45, 2.75) is 80.1 Å². The Bertz CT molecular complexity index is 188. The van der Waals surface area contributed by atoms with Crippen LogP contribution in [0.2, 0.25) is 0 Å². The molecule has 0 radical (unpaired) electrons. The second-order valence-electron chi connectivity index (χ2n) is 6.81. The van der Waals surface area contributed by atoms with E-state index in [4.69, 9.17) is 0 Å². The second-order valence-corrected chi connectivity index (χ2v) is 6.81. The van der Waals surface area contributed by atoms with Crippen molar-refractivity contribution in [1.29, 1.82) is 0 Å². The third-order valence-corrected chi connectivity index (χ3v) is 4.28. The molecule has 18 heavy (non-hydrogen) atoms. The minimum Gasteiger partial charge on any atom is -0.316 e. The lowest BCUT2D eigenvalue weighted by Gasteiger charge is -2.33. The van der Waals surface area contributed by atoms with Crippen LogP contribution in [-0.4, -0.2) is 13.1 Å². The first-order valence-electron chi connectivity index (χ1n) is 8.18. The highest BCUT2D eigenvalue weighted by Gasteiger charge is 2.25. The molecule has 1 nitrogen and oxygen atoms in total. The molecule has 0 rings (SSSR count). The molecule has 0 aromatic carbocycles. The quantitative estimate of drug-likeness (QED) is 0.531. The van der Waals surface area contributed by atoms with Crippen molar-refractivity contribution >= 4 is 0 Å². The summed E-state index contributed by atoms with van der Waals surface area (Å²) >= 11 is 0. The maximum absolute atomic E-state index is 3.66. The number of rotatable bonds is 11. The number of hydrogen-bond donors (Lipinski definition) is 1. The Balaban J connectivity index is 4.16. The lowest BCUT2D eigenvalue weighted by atomic mass is 9.76. The van der Waals surface area contributed by atoms with E-state index in [1.807, 2.05) is 0 Å². The summed E-state index contributed by atoms with van der Waals surface area (Å²) in [6, 6.07) is 0. The Kier molecular flexibility index (Phi) is 9.81. The summed E-state index contributed by atoms with van der Waals surface area (Å²) in [4.78, 5) is 0. The lowest BCUT2D eigenvalue weighted by Crippen LogP contribution is -2.35. The Morgan fingerprint density at radius 1 is 1.11 bits per heavy atom. The smallest absolute Gasteiger partial charge is 0.000527 e. The van der Waals surface area contributed by atoms with Crippen LogP contribution >= 0.6 is 0 Å². The van der Waals surface area contributed by atoms with Gasteiger partial charge in [0.2, 0.25) is 0 Å². The van der Waals surface area contributed by atoms with Gasteiger partial charge < -0.3 is 5.32 Å². The topological polar surface area (TPSA) is 12.0 Å². The molecule has 0 saturated carbocycles. The van der Waals surface area contributed by atoms with Gasteiger partial charge in [0.1, 0.15) is 0 Å². The molecule has 0 aliphatic rings. The maximum Gasteiger partial charge on any atom is 0.000527 e. The van der Waals surface area contributed by atoms with Crippen LogP contribution in [0.25, 0.3) is 0 Å². The van der Waals surface area contributed by atoms with E-state index in [0.29, 0.717) is 5.41 Å². The predicted molar refractivity (Wildman–Crippen MR) is 84.0 cm³/mol. The highest BCUT2D eigenvalue weighted by molar-refractivity contribution is 4.79. The molecule has 0 aromatic rings. The molecular formula is C17H37N. The van der Waals surface area contributed by atoms with Crippen LogP contribution in [-0.2, 0) is 0 Å². The molecule has 0 amide bonds. The van der Waals surface area contributed by atoms with E-state index in [-0.39, 0.29) is 0 Å². The number of nitrogens with one attached hydrogen (secondary N) is 1. The zero-order valence-corrected chi connectivity index (χ0v) is 13.8. The van der Waals surface area contributed by atoms with Gasteiger partial charge in [0.15, 0.2) is 0 Å². The average molecular weight is 255 g/mol. The first-order valence-corrected chi connectivity index (χ1v) is 8.18. The Hall–Kier alpha value is -0.0400. The molecule has 0 fully saturated rings. The highest BCUT2D eigenvalue weighted by Crippen LogP contribution is 2.32. The van der Waals surface area contributed by atoms with Crippen molar-refractivity contribution in [1.82, 2.24) is 5.32 Å². The van der Waals surface area contributed by atoms with Gasteiger partial charge in [-0.25, -0.2) is 0 Å². The van der Waals surface area contributed by atoms with E-state index in [0.717, 1.165) is 18.4 Å². The standard InChI is InChI=1S/C17H37N/c1-7-10-11-16(8-2)12-17(6,9-3)14-18-13-15(4)5/h15-16,18H,7-14H2,1-6H3. The molecule has 0 aromatic heterocycles. The molecule has 0 saturated heterocycles. The van der Waals surface area contributed by atoms with Crippen molar-refractivity contribution in [3.8, 4) is 0 Å². The first kappa shape index (κ1) is 18.0. The summed E-state index contributed by atoms with van der Waals surface area (Å²) in [5.41, 5.74) is 0.489. The number of hydrogen-bond acceptors (Lipinski definition) is 1. The molecule has 1 N–H and O–H groups in total. The van der Waals surface area contributed by atoms with Crippen molar-refractivity contribution < 1.29 is 0 Å². The Labute approximate surface area is 116 Å². The highest BCUT2D eigenvalue weighted by atomic mass is 14.9. The summed E-state index contributed by atoms with van der Waals surface area (Å²) in [5.74, 6) is 1.68. The molecule has 2 atom stereocenters. The summed E-state index contributed by atoms with van der Waals surface area (Å²) in [6.07, 6.45) is 8.20. The largest absolute Gasteiger partial charge is 0.316 e. The van der Waals surface area contributed by atoms with Gasteiger partial charge in [-0.05, 0) is 36.6 Å². The predicted octanol–water partition coefficient (Wildman–Crippen LogP) is 5.25. The average Bonchev–Trinajstić information content (AvgIpc) is 2.34. The van der Waals surface area contributed by atoms with Crippen molar-refractivity contribution in [3.05, 3.63) is 0 Å². The third-order valence-electron chi connectivity index (χ3n) is 4.28. The van der Waals surface area contributed by atoms with E-state index in [1.54, 1.807) is 0 Å². The van der Waals surface area contributed by atoms with Crippen LogP contribution in [0.4, 0.5) is 0 Å². The molecule has 0 aliphatic carbocycles. The second kappa shape index (κ2) is 9.83. The van der Waals surface area contributed by atoms with Crippen LogP contribution in [0.15, 0.2) is 0 Å². The van der Waals surface area contributed by atoms with E-state index in [9.17, 15) is 0 Å². The summed E-state index contributed by atoms with van der Waals surface area (Å²) in [6.45, 7) is 16.4. The zero-order valence-electron chi connectivity index (χ0n) is 13.8. The van der Waals surface area contributed by atoms with Gasteiger partial charge >= 0.3 is 0 Å². The molecule has 1 heteroatoms. The van der Waals surface area contributed by atoms with Gasteiger partial charge in [-0.1, -0.05) is 67.2 Å². The van der Waals surface area contributed by atoms with Crippen LogP contribution in [0.3, 0.4) is 0 Å². The zero-order chi connectivity index (χ0) is 14.0. The summed E-state index contributed by atoms with van der Waals surface area (Å²) in [7, 11) is 0. The lowest BCUT2D eigenvalue weighted by molar-refractivity contribution is 0.206. The fraction of sp³-hybridized carbons (Fsp3) is 1.00. The summed E-state index contributed by atoms with van der Waals surface area (Å²) < 4.78 is 0. The molecule has 2 unspecified atom stereocenters. The first-order chi connectivity index (χ1) is 8.47. The van der Waals surface area contributed by atoms with E-state index in [1.165, 1.54) is 45.1 Å². The van der Waals surface area contributed by atoms with Crippen molar-refractivity contribution in [2.24, 2.45) is 17.3 Å². The molecule has 110 valence electrons.